The molecule has 0 aliphatic carbocycles. The van der Waals surface area contributed by atoms with Crippen LogP contribution < -0.4 is 20.1 Å². The molecule has 48 heavy (non-hydrogen) atoms. The Morgan fingerprint density at radius 2 is 1.08 bits per heavy atom. The number of hydrogen-bond donors (Lipinski definition) is 6. The van der Waals surface area contributed by atoms with Gasteiger partial charge in [0, 0.05) is 22.6 Å². The third-order valence-electron chi connectivity index (χ3n) is 6.09. The van der Waals surface area contributed by atoms with Gasteiger partial charge in [0.15, 0.2) is 0 Å². The third kappa shape index (κ3) is 13.9. The highest BCUT2D eigenvalue weighted by molar-refractivity contribution is 8.76. The SMILES string of the molecule is CCOC(=O)C(CSSN[C@@H](C=S)CO)NC(=O)c1ccccc1-c1ccccc1C(=O)NC(CSSN[C@@H](C=S)CO)C(=O)OCC. The van der Waals surface area contributed by atoms with Crippen molar-refractivity contribution < 1.29 is 38.9 Å². The van der Waals surface area contributed by atoms with Gasteiger partial charge in [-0.05, 0) is 69.8 Å². The van der Waals surface area contributed by atoms with Gasteiger partial charge in [-0.15, -0.1) is 0 Å². The minimum absolute atomic E-state index is 0.120. The first-order valence-corrected chi connectivity index (χ1v) is 20.2. The largest absolute Gasteiger partial charge is 0.464 e. The van der Waals surface area contributed by atoms with Crippen LogP contribution in [0.15, 0.2) is 48.5 Å². The van der Waals surface area contributed by atoms with E-state index in [9.17, 15) is 29.4 Å². The molecule has 2 aromatic rings. The summed E-state index contributed by atoms with van der Waals surface area (Å²) in [6.07, 6.45) is 0. The molecule has 0 aliphatic heterocycles. The van der Waals surface area contributed by atoms with Crippen LogP contribution in [0.5, 0.6) is 0 Å². The standard InChI is InChI=1S/C30H38N4O8S6/c1-3-41-29(39)25(17-45-47-33-19(13-35)15-43)31-27(37)23-11-7-5-9-21(23)22-10-6-8-12-24(22)28(38)32-26(30(40)42-4-2)18-46-48-34-20(14-36)16-44/h5-12,15-16,19-20,25-26,33-36H,3-4,13-14,17-18H2,1-2H3,(H,31,37)(H,32,38)/t19-,20-,25?,26?/m1/s1. The Labute approximate surface area is 306 Å². The average molecular weight is 775 g/mol. The highest BCUT2D eigenvalue weighted by atomic mass is 33.1. The number of hydrogen-bond acceptors (Lipinski definition) is 16. The number of rotatable bonds is 23. The maximum atomic E-state index is 13.7. The van der Waals surface area contributed by atoms with Crippen LogP contribution in [0.3, 0.4) is 0 Å². The number of ether oxygens (including phenoxy) is 2. The van der Waals surface area contributed by atoms with Crippen molar-refractivity contribution in [3.63, 3.8) is 0 Å². The van der Waals surface area contributed by atoms with Gasteiger partial charge in [0.25, 0.3) is 11.8 Å². The van der Waals surface area contributed by atoms with Gasteiger partial charge in [0.05, 0.1) is 38.5 Å². The molecule has 0 fully saturated rings. The second kappa shape index (κ2) is 24.0. The van der Waals surface area contributed by atoms with Crippen molar-refractivity contribution in [2.45, 2.75) is 38.0 Å². The molecule has 12 nitrogen and oxygen atoms in total. The van der Waals surface area contributed by atoms with Gasteiger partial charge in [0.1, 0.15) is 12.1 Å². The zero-order valence-electron chi connectivity index (χ0n) is 26.1. The molecular weight excluding hydrogens is 737 g/mol. The Morgan fingerprint density at radius 3 is 1.42 bits per heavy atom. The molecule has 6 N–H and O–H groups in total. The molecule has 2 unspecified atom stereocenters. The van der Waals surface area contributed by atoms with Crippen LogP contribution in [0.2, 0.25) is 0 Å². The van der Waals surface area contributed by atoms with Crippen LogP contribution in [0.4, 0.5) is 0 Å². The van der Waals surface area contributed by atoms with Crippen molar-refractivity contribution in [1.29, 1.82) is 0 Å². The molecule has 0 bridgehead atoms. The predicted octanol–water partition coefficient (Wildman–Crippen LogP) is 3.17. The number of benzene rings is 2. The first-order valence-electron chi connectivity index (χ1n) is 14.6. The maximum absolute atomic E-state index is 13.7. The molecule has 18 heteroatoms. The molecule has 0 saturated carbocycles. The molecule has 2 aromatic carbocycles. The molecule has 0 saturated heterocycles. The Kier molecular flexibility index (Phi) is 20.9. The van der Waals surface area contributed by atoms with E-state index in [4.69, 9.17) is 33.9 Å². The van der Waals surface area contributed by atoms with Crippen LogP contribution in [0, 0.1) is 0 Å². The summed E-state index contributed by atoms with van der Waals surface area (Å²) in [5, 5.41) is 26.9. The van der Waals surface area contributed by atoms with Gasteiger partial charge < -0.3 is 30.3 Å². The molecule has 262 valence electrons. The number of carbonyl (C=O) groups is 4. The predicted molar refractivity (Wildman–Crippen MR) is 203 cm³/mol. The van der Waals surface area contributed by atoms with E-state index in [1.807, 2.05) is 0 Å². The average Bonchev–Trinajstić information content (AvgIpc) is 3.10. The van der Waals surface area contributed by atoms with E-state index in [1.54, 1.807) is 62.4 Å². The molecular formula is C30H38N4O8S6. The highest BCUT2D eigenvalue weighted by Crippen LogP contribution is 2.28. The van der Waals surface area contributed by atoms with Crippen LogP contribution in [-0.4, -0.2) is 107 Å². The Hall–Kier alpha value is -2.26. The molecule has 0 aromatic heterocycles. The van der Waals surface area contributed by atoms with Crippen LogP contribution in [0.1, 0.15) is 34.6 Å². The smallest absolute Gasteiger partial charge is 0.329 e. The van der Waals surface area contributed by atoms with Crippen LogP contribution in [-0.2, 0) is 19.1 Å². The van der Waals surface area contributed by atoms with Crippen molar-refractivity contribution in [3.05, 3.63) is 59.7 Å². The van der Waals surface area contributed by atoms with Crippen molar-refractivity contribution in [3.8, 4) is 11.1 Å². The normalized spacial score (nSPS) is 13.3. The van der Waals surface area contributed by atoms with Crippen molar-refractivity contribution in [2.75, 3.05) is 37.9 Å². The summed E-state index contributed by atoms with van der Waals surface area (Å²) in [5.74, 6) is -2.07. The minimum atomic E-state index is -1.00. The number of esters is 2. The van der Waals surface area contributed by atoms with Crippen molar-refractivity contribution in [1.82, 2.24) is 20.1 Å². The fraction of sp³-hybridized carbons (Fsp3) is 0.400. The molecule has 0 radical (unpaired) electrons. The lowest BCUT2D eigenvalue weighted by Gasteiger charge is -2.20. The fourth-order valence-electron chi connectivity index (χ4n) is 3.74. The van der Waals surface area contributed by atoms with Gasteiger partial charge in [-0.2, -0.15) is 0 Å². The second-order valence-electron chi connectivity index (χ2n) is 9.47. The topological polar surface area (TPSA) is 175 Å². The number of aliphatic hydroxyl groups excluding tert-OH is 2. The van der Waals surface area contributed by atoms with E-state index in [2.05, 4.69) is 20.1 Å². The van der Waals surface area contributed by atoms with Gasteiger partial charge in [-0.25, -0.2) is 19.0 Å². The zero-order chi connectivity index (χ0) is 35.3. The molecule has 0 aliphatic rings. The molecule has 4 atom stereocenters. The lowest BCUT2D eigenvalue weighted by atomic mass is 9.94. The summed E-state index contributed by atoms with van der Waals surface area (Å²) >= 11 is 9.71. The quantitative estimate of drug-likeness (QED) is 0.0319. The van der Waals surface area contributed by atoms with Crippen molar-refractivity contribution in [2.24, 2.45) is 0 Å². The van der Waals surface area contributed by atoms with E-state index < -0.39 is 47.9 Å². The summed E-state index contributed by atoms with van der Waals surface area (Å²) in [7, 11) is 4.82. The van der Waals surface area contributed by atoms with Crippen molar-refractivity contribution >= 4 is 102 Å². The van der Waals surface area contributed by atoms with E-state index in [0.29, 0.717) is 11.1 Å². The van der Waals surface area contributed by atoms with Gasteiger partial charge in [-0.3, -0.25) is 9.59 Å². The minimum Gasteiger partial charge on any atom is -0.464 e. The maximum Gasteiger partial charge on any atom is 0.329 e. The molecule has 2 rings (SSSR count). The highest BCUT2D eigenvalue weighted by Gasteiger charge is 2.27. The second-order valence-corrected chi connectivity index (χ2v) is 14.4. The Balaban J connectivity index is 2.29. The Morgan fingerprint density at radius 1 is 0.708 bits per heavy atom. The molecule has 2 amide bonds. The van der Waals surface area contributed by atoms with E-state index in [0.717, 1.165) is 0 Å². The summed E-state index contributed by atoms with van der Waals surface area (Å²) in [5.41, 5.74) is 1.27. The van der Waals surface area contributed by atoms with E-state index >= 15 is 0 Å². The van der Waals surface area contributed by atoms with Gasteiger partial charge in [-0.1, -0.05) is 82.4 Å². The molecule has 0 heterocycles. The third-order valence-corrected chi connectivity index (χ3v) is 10.8. The van der Waals surface area contributed by atoms with Crippen LogP contribution >= 0.6 is 68.0 Å². The van der Waals surface area contributed by atoms with Gasteiger partial charge in [0.2, 0.25) is 0 Å². The number of thiocarbonyl (C=S) groups is 2. The number of aliphatic hydroxyl groups is 2. The Bertz CT molecular complexity index is 1270. The zero-order valence-corrected chi connectivity index (χ0v) is 31.0. The summed E-state index contributed by atoms with van der Waals surface area (Å²) in [6, 6.07) is 10.5. The first-order chi connectivity index (χ1) is 23.2. The number of carbonyl (C=O) groups excluding carboxylic acids is 4. The monoisotopic (exact) mass is 774 g/mol. The van der Waals surface area contributed by atoms with Crippen LogP contribution in [0.25, 0.3) is 11.1 Å². The summed E-state index contributed by atoms with van der Waals surface area (Å²) in [6.45, 7) is 3.19. The molecule has 0 spiro atoms. The lowest BCUT2D eigenvalue weighted by molar-refractivity contribution is -0.145. The first kappa shape index (κ1) is 41.9. The fourth-order valence-corrected chi connectivity index (χ4v) is 8.11. The van der Waals surface area contributed by atoms with Gasteiger partial charge >= 0.3 is 11.9 Å². The summed E-state index contributed by atoms with van der Waals surface area (Å²) in [4.78, 5) is 52.8. The van der Waals surface area contributed by atoms with E-state index in [1.165, 1.54) is 54.3 Å². The number of amides is 2. The summed E-state index contributed by atoms with van der Waals surface area (Å²) < 4.78 is 16.3. The van der Waals surface area contributed by atoms with E-state index in [-0.39, 0.29) is 49.1 Å². The lowest BCUT2D eigenvalue weighted by Crippen LogP contribution is -2.44. The number of nitrogens with one attached hydrogen (secondary N) is 4.